The van der Waals surface area contributed by atoms with Gasteiger partial charge in [-0.1, -0.05) is 342 Å². The second-order valence-corrected chi connectivity index (χ2v) is 23.2. The molecule has 0 fully saturated rings. The fourth-order valence-corrected chi connectivity index (χ4v) is 10.3. The maximum absolute atomic E-state index is 12.9. The molecule has 0 aliphatic carbocycles. The molecule has 0 aromatic heterocycles. The van der Waals surface area contributed by atoms with E-state index < -0.39 is 6.10 Å². The molecule has 0 bridgehead atoms. The van der Waals surface area contributed by atoms with Crippen LogP contribution in [-0.2, 0) is 28.6 Å². The van der Waals surface area contributed by atoms with Gasteiger partial charge in [0.1, 0.15) is 13.2 Å². The molecular weight excluding hydrogens is 889 g/mol. The Kier molecular flexibility index (Phi) is 58.9. The molecule has 0 rings (SSSR count). The van der Waals surface area contributed by atoms with Crippen LogP contribution in [0.2, 0.25) is 0 Å². The predicted octanol–water partition coefficient (Wildman–Crippen LogP) is 22.1. The number of hydrogen-bond acceptors (Lipinski definition) is 6. The lowest BCUT2D eigenvalue weighted by molar-refractivity contribution is -0.167. The Hall–Kier alpha value is -1.59. The number of unbranched alkanes of at least 4 members (excludes halogenated alkanes) is 48. The summed E-state index contributed by atoms with van der Waals surface area (Å²) in [7, 11) is 0. The van der Waals surface area contributed by atoms with E-state index in [9.17, 15) is 14.4 Å². The van der Waals surface area contributed by atoms with Gasteiger partial charge in [-0.3, -0.25) is 14.4 Å². The molecule has 0 saturated carbocycles. The minimum Gasteiger partial charge on any atom is -0.462 e. The standard InChI is InChI=1S/C66H128O6/c1-5-7-9-11-13-15-17-19-21-23-24-25-30-34-38-42-46-50-54-58-65(68)71-61-63(60-70-64(67)57-53-49-45-41-37-33-29-22-20-18-16-14-12-10-8-6-2)72-66(69)59-55-51-47-43-39-35-31-27-26-28-32-36-40-44-48-52-56-62(3)4/h62-63H,5-61H2,1-4H3/t63-/m0/s1. The fraction of sp³-hybridized carbons (Fsp3) is 0.955. The van der Waals surface area contributed by atoms with Gasteiger partial charge in [-0.15, -0.1) is 0 Å². The van der Waals surface area contributed by atoms with E-state index in [-0.39, 0.29) is 31.1 Å². The highest BCUT2D eigenvalue weighted by molar-refractivity contribution is 5.71. The zero-order valence-electron chi connectivity index (χ0n) is 49.4. The summed E-state index contributed by atoms with van der Waals surface area (Å²) in [5, 5.41) is 0. The number of esters is 3. The van der Waals surface area contributed by atoms with Crippen LogP contribution >= 0.6 is 0 Å². The van der Waals surface area contributed by atoms with Gasteiger partial charge in [0, 0.05) is 19.3 Å². The van der Waals surface area contributed by atoms with Gasteiger partial charge in [0.2, 0.25) is 0 Å². The van der Waals surface area contributed by atoms with E-state index in [1.54, 1.807) is 0 Å². The summed E-state index contributed by atoms with van der Waals surface area (Å²) in [4.78, 5) is 38.3. The van der Waals surface area contributed by atoms with E-state index in [4.69, 9.17) is 14.2 Å². The lowest BCUT2D eigenvalue weighted by Crippen LogP contribution is -2.30. The van der Waals surface area contributed by atoms with E-state index >= 15 is 0 Å². The smallest absolute Gasteiger partial charge is 0.306 e. The van der Waals surface area contributed by atoms with Crippen molar-refractivity contribution in [1.29, 1.82) is 0 Å². The lowest BCUT2D eigenvalue weighted by atomic mass is 10.0. The lowest BCUT2D eigenvalue weighted by Gasteiger charge is -2.18. The van der Waals surface area contributed by atoms with Crippen molar-refractivity contribution < 1.29 is 28.6 Å². The highest BCUT2D eigenvalue weighted by Crippen LogP contribution is 2.19. The SMILES string of the molecule is CCCCCCCCCCCCCCCCCCCCCC(=O)OC[C@H](COC(=O)CCCCCCCCCCCCCCCCCC)OC(=O)CCCCCCCCCCCCCCCCCCC(C)C. The predicted molar refractivity (Wildman–Crippen MR) is 312 cm³/mol. The van der Waals surface area contributed by atoms with Gasteiger partial charge in [0.15, 0.2) is 6.10 Å². The number of carbonyl (C=O) groups excluding carboxylic acids is 3. The highest BCUT2D eigenvalue weighted by atomic mass is 16.6. The fourth-order valence-electron chi connectivity index (χ4n) is 10.3. The molecular formula is C66H128O6. The molecule has 6 heteroatoms. The summed E-state index contributed by atoms with van der Waals surface area (Å²) in [5.74, 6) is 0.0269. The highest BCUT2D eigenvalue weighted by Gasteiger charge is 2.19. The molecule has 6 nitrogen and oxygen atoms in total. The minimum atomic E-state index is -0.763. The molecule has 0 aromatic rings. The van der Waals surface area contributed by atoms with E-state index in [1.807, 2.05) is 0 Å². The summed E-state index contributed by atoms with van der Waals surface area (Å²) in [6, 6.07) is 0. The van der Waals surface area contributed by atoms with Crippen LogP contribution in [0.5, 0.6) is 0 Å². The van der Waals surface area contributed by atoms with Gasteiger partial charge in [0.05, 0.1) is 0 Å². The summed E-state index contributed by atoms with van der Waals surface area (Å²) in [6.07, 6.45) is 68.2. The first-order valence-electron chi connectivity index (χ1n) is 32.9. The van der Waals surface area contributed by atoms with Crippen LogP contribution < -0.4 is 0 Å². The van der Waals surface area contributed by atoms with Gasteiger partial charge >= 0.3 is 17.9 Å². The largest absolute Gasteiger partial charge is 0.462 e. The third-order valence-electron chi connectivity index (χ3n) is 15.3. The summed E-state index contributed by atoms with van der Waals surface area (Å²) in [6.45, 7) is 9.10. The van der Waals surface area contributed by atoms with Crippen molar-refractivity contribution >= 4 is 17.9 Å². The summed E-state index contributed by atoms with van der Waals surface area (Å²) < 4.78 is 17.0. The van der Waals surface area contributed by atoms with Gasteiger partial charge in [-0.05, 0) is 25.2 Å². The molecule has 0 radical (unpaired) electrons. The third kappa shape index (κ3) is 59.3. The monoisotopic (exact) mass is 1020 g/mol. The molecule has 0 spiro atoms. The Morgan fingerprint density at radius 3 is 0.681 bits per heavy atom. The quantitative estimate of drug-likeness (QED) is 0.0343. The molecule has 428 valence electrons. The average Bonchev–Trinajstić information content (AvgIpc) is 3.37. The van der Waals surface area contributed by atoms with Crippen molar-refractivity contribution in [2.24, 2.45) is 5.92 Å². The van der Waals surface area contributed by atoms with Gasteiger partial charge in [0.25, 0.3) is 0 Å². The molecule has 0 aliphatic rings. The van der Waals surface area contributed by atoms with Crippen LogP contribution in [-0.4, -0.2) is 37.2 Å². The van der Waals surface area contributed by atoms with Gasteiger partial charge in [-0.2, -0.15) is 0 Å². The van der Waals surface area contributed by atoms with E-state index in [2.05, 4.69) is 27.7 Å². The van der Waals surface area contributed by atoms with E-state index in [1.165, 1.54) is 276 Å². The van der Waals surface area contributed by atoms with Crippen LogP contribution in [0.3, 0.4) is 0 Å². The van der Waals surface area contributed by atoms with Crippen LogP contribution in [0.4, 0.5) is 0 Å². The molecule has 0 saturated heterocycles. The number of ether oxygens (including phenoxy) is 3. The van der Waals surface area contributed by atoms with Crippen molar-refractivity contribution in [2.75, 3.05) is 13.2 Å². The Labute approximate surface area is 450 Å². The van der Waals surface area contributed by atoms with E-state index in [0.717, 1.165) is 63.7 Å². The van der Waals surface area contributed by atoms with Crippen LogP contribution in [0.25, 0.3) is 0 Å². The van der Waals surface area contributed by atoms with Crippen molar-refractivity contribution in [1.82, 2.24) is 0 Å². The Morgan fingerprint density at radius 2 is 0.458 bits per heavy atom. The molecule has 1 atom stereocenters. The molecule has 0 unspecified atom stereocenters. The minimum absolute atomic E-state index is 0.0609. The van der Waals surface area contributed by atoms with Crippen molar-refractivity contribution in [3.63, 3.8) is 0 Å². The Bertz CT molecular complexity index is 1090. The van der Waals surface area contributed by atoms with Crippen molar-refractivity contribution in [3.05, 3.63) is 0 Å². The second kappa shape index (κ2) is 60.3. The first-order valence-corrected chi connectivity index (χ1v) is 32.9. The number of carbonyl (C=O) groups is 3. The first kappa shape index (κ1) is 70.4. The maximum Gasteiger partial charge on any atom is 0.306 e. The number of rotatable bonds is 61. The van der Waals surface area contributed by atoms with Gasteiger partial charge < -0.3 is 14.2 Å². The normalized spacial score (nSPS) is 12.0. The van der Waals surface area contributed by atoms with Crippen molar-refractivity contribution in [2.45, 2.75) is 387 Å². The first-order chi connectivity index (χ1) is 35.4. The zero-order chi connectivity index (χ0) is 52.3. The van der Waals surface area contributed by atoms with Crippen molar-refractivity contribution in [3.8, 4) is 0 Å². The average molecular weight is 1020 g/mol. The number of hydrogen-bond donors (Lipinski definition) is 0. The topological polar surface area (TPSA) is 78.9 Å². The Morgan fingerprint density at radius 1 is 0.264 bits per heavy atom. The van der Waals surface area contributed by atoms with Gasteiger partial charge in [-0.25, -0.2) is 0 Å². The molecule has 0 aromatic carbocycles. The zero-order valence-corrected chi connectivity index (χ0v) is 49.4. The summed E-state index contributed by atoms with van der Waals surface area (Å²) >= 11 is 0. The molecule has 0 heterocycles. The Balaban J connectivity index is 4.28. The van der Waals surface area contributed by atoms with Crippen LogP contribution in [0.15, 0.2) is 0 Å². The molecule has 0 N–H and O–H groups in total. The summed E-state index contributed by atoms with van der Waals surface area (Å²) in [5.41, 5.74) is 0. The van der Waals surface area contributed by atoms with Crippen LogP contribution in [0, 0.1) is 5.92 Å². The van der Waals surface area contributed by atoms with E-state index in [0.29, 0.717) is 19.3 Å². The molecule has 0 amide bonds. The maximum atomic E-state index is 12.9. The third-order valence-corrected chi connectivity index (χ3v) is 15.3. The molecule has 72 heavy (non-hydrogen) atoms. The molecule has 0 aliphatic heterocycles. The van der Waals surface area contributed by atoms with Crippen LogP contribution in [0.1, 0.15) is 381 Å². The second-order valence-electron chi connectivity index (χ2n) is 23.2.